The molecule has 0 radical (unpaired) electrons. The molecule has 1 N–H and O–H groups in total. The van der Waals surface area contributed by atoms with Crippen LogP contribution in [0.15, 0.2) is 36.4 Å². The highest BCUT2D eigenvalue weighted by atomic mass is 35.5. The van der Waals surface area contributed by atoms with E-state index < -0.39 is 0 Å². The molecule has 0 aliphatic carbocycles. The SMILES string of the molecule is Cc1nc(N2CCC(N3CCCC3)CC2)nc2ccc(NC(=O)COc3ccc(Cl)cc3Cl)cc12. The van der Waals surface area contributed by atoms with Crippen LogP contribution >= 0.6 is 23.2 Å². The van der Waals surface area contributed by atoms with Gasteiger partial charge < -0.3 is 19.9 Å². The lowest BCUT2D eigenvalue weighted by Gasteiger charge is -2.36. The van der Waals surface area contributed by atoms with Crippen LogP contribution in [0, 0.1) is 6.92 Å². The molecule has 3 aromatic rings. The minimum atomic E-state index is -0.286. The highest BCUT2D eigenvalue weighted by Crippen LogP contribution is 2.28. The van der Waals surface area contributed by atoms with Crippen molar-refractivity contribution in [2.45, 2.75) is 38.6 Å². The summed E-state index contributed by atoms with van der Waals surface area (Å²) in [5.41, 5.74) is 2.43. The third kappa shape index (κ3) is 5.63. The predicted octanol–water partition coefficient (Wildman–Crippen LogP) is 5.33. The third-order valence-electron chi connectivity index (χ3n) is 6.82. The Labute approximate surface area is 215 Å². The second-order valence-corrected chi connectivity index (χ2v) is 10.1. The number of carbonyl (C=O) groups excluding carboxylic acids is 1. The molecule has 2 fully saturated rings. The minimum Gasteiger partial charge on any atom is -0.482 e. The first-order chi connectivity index (χ1) is 17.0. The number of ether oxygens (including phenoxy) is 1. The first kappa shape index (κ1) is 24.1. The number of aryl methyl sites for hydroxylation is 1. The van der Waals surface area contributed by atoms with Crippen LogP contribution in [0.4, 0.5) is 11.6 Å². The van der Waals surface area contributed by atoms with Gasteiger partial charge in [0.1, 0.15) is 5.75 Å². The van der Waals surface area contributed by atoms with Crippen LogP contribution in [0.2, 0.25) is 10.0 Å². The average Bonchev–Trinajstić information content (AvgIpc) is 3.39. The predicted molar refractivity (Wildman–Crippen MR) is 141 cm³/mol. The van der Waals surface area contributed by atoms with Crippen LogP contribution in [-0.2, 0) is 4.79 Å². The van der Waals surface area contributed by atoms with Crippen molar-refractivity contribution in [2.24, 2.45) is 0 Å². The van der Waals surface area contributed by atoms with Crippen molar-refractivity contribution in [3.8, 4) is 5.75 Å². The van der Waals surface area contributed by atoms with Crippen LogP contribution in [0.1, 0.15) is 31.4 Å². The molecule has 1 aromatic heterocycles. The van der Waals surface area contributed by atoms with E-state index in [1.165, 1.54) is 25.9 Å². The molecule has 2 aliphatic rings. The number of fused-ring (bicyclic) bond motifs is 1. The summed E-state index contributed by atoms with van der Waals surface area (Å²) in [4.78, 5) is 27.0. The van der Waals surface area contributed by atoms with Crippen molar-refractivity contribution < 1.29 is 9.53 Å². The number of amides is 1. The molecule has 0 atom stereocenters. The number of rotatable bonds is 6. The number of hydrogen-bond acceptors (Lipinski definition) is 6. The number of nitrogens with zero attached hydrogens (tertiary/aromatic N) is 4. The van der Waals surface area contributed by atoms with E-state index in [9.17, 15) is 4.79 Å². The van der Waals surface area contributed by atoms with E-state index in [0.717, 1.165) is 48.5 Å². The van der Waals surface area contributed by atoms with Crippen LogP contribution in [0.5, 0.6) is 5.75 Å². The number of carbonyl (C=O) groups is 1. The van der Waals surface area contributed by atoms with E-state index >= 15 is 0 Å². The lowest BCUT2D eigenvalue weighted by molar-refractivity contribution is -0.118. The van der Waals surface area contributed by atoms with Gasteiger partial charge >= 0.3 is 0 Å². The van der Waals surface area contributed by atoms with E-state index in [1.54, 1.807) is 18.2 Å². The molecular formula is C26H29Cl2N5O2. The number of aromatic nitrogens is 2. The summed E-state index contributed by atoms with van der Waals surface area (Å²) in [6, 6.07) is 11.3. The van der Waals surface area contributed by atoms with Gasteiger partial charge in [0.2, 0.25) is 5.95 Å². The second kappa shape index (κ2) is 10.6. The van der Waals surface area contributed by atoms with Crippen molar-refractivity contribution >= 4 is 51.6 Å². The first-order valence-corrected chi connectivity index (χ1v) is 12.9. The fraction of sp³-hybridized carbons (Fsp3) is 0.423. The van der Waals surface area contributed by atoms with Gasteiger partial charge in [0, 0.05) is 35.2 Å². The summed E-state index contributed by atoms with van der Waals surface area (Å²) in [6.45, 7) is 6.28. The van der Waals surface area contributed by atoms with Crippen molar-refractivity contribution in [2.75, 3.05) is 43.0 Å². The summed E-state index contributed by atoms with van der Waals surface area (Å²) >= 11 is 12.0. The zero-order valence-electron chi connectivity index (χ0n) is 19.8. The molecule has 0 bridgehead atoms. The van der Waals surface area contributed by atoms with Gasteiger partial charge in [-0.25, -0.2) is 9.97 Å². The molecule has 0 saturated carbocycles. The number of halogens is 2. The van der Waals surface area contributed by atoms with Crippen molar-refractivity contribution in [1.82, 2.24) is 14.9 Å². The topological polar surface area (TPSA) is 70.6 Å². The molecule has 2 aromatic carbocycles. The smallest absolute Gasteiger partial charge is 0.262 e. The number of benzene rings is 2. The Bertz CT molecular complexity index is 1220. The monoisotopic (exact) mass is 513 g/mol. The molecule has 1 amide bonds. The number of piperidine rings is 1. The van der Waals surface area contributed by atoms with Crippen LogP contribution in [-0.4, -0.2) is 59.6 Å². The van der Waals surface area contributed by atoms with Crippen molar-refractivity contribution in [3.63, 3.8) is 0 Å². The standard InChI is InChI=1S/C26H29Cl2N5O2/c1-17-21-15-19(30-25(34)16-35-24-7-4-18(27)14-22(24)28)5-6-23(21)31-26(29-17)33-12-8-20(9-13-33)32-10-2-3-11-32/h4-7,14-15,20H,2-3,8-13,16H2,1H3,(H,30,34). The van der Waals surface area contributed by atoms with E-state index in [1.807, 2.05) is 25.1 Å². The molecule has 0 spiro atoms. The van der Waals surface area contributed by atoms with Gasteiger partial charge in [-0.05, 0) is 82.1 Å². The van der Waals surface area contributed by atoms with Gasteiger partial charge in [-0.3, -0.25) is 4.79 Å². The second-order valence-electron chi connectivity index (χ2n) is 9.21. The Morgan fingerprint density at radius 3 is 2.57 bits per heavy atom. The maximum absolute atomic E-state index is 12.4. The first-order valence-electron chi connectivity index (χ1n) is 12.1. The molecule has 184 valence electrons. The fourth-order valence-corrected chi connectivity index (χ4v) is 5.42. The van der Waals surface area contributed by atoms with Crippen molar-refractivity contribution in [1.29, 1.82) is 0 Å². The van der Waals surface area contributed by atoms with E-state index in [2.05, 4.69) is 15.1 Å². The normalized spacial score (nSPS) is 17.2. The molecular weight excluding hydrogens is 485 g/mol. The third-order valence-corrected chi connectivity index (χ3v) is 7.35. The largest absolute Gasteiger partial charge is 0.482 e. The quantitative estimate of drug-likeness (QED) is 0.480. The number of nitrogens with one attached hydrogen (secondary N) is 1. The average molecular weight is 514 g/mol. The van der Waals surface area contributed by atoms with Gasteiger partial charge in [-0.2, -0.15) is 0 Å². The Morgan fingerprint density at radius 1 is 1.06 bits per heavy atom. The number of anilines is 2. The molecule has 3 heterocycles. The minimum absolute atomic E-state index is 0.165. The number of likely N-dealkylation sites (tertiary alicyclic amines) is 1. The maximum atomic E-state index is 12.4. The Hall–Kier alpha value is -2.61. The zero-order chi connectivity index (χ0) is 24.4. The Morgan fingerprint density at radius 2 is 1.83 bits per heavy atom. The highest BCUT2D eigenvalue weighted by Gasteiger charge is 2.27. The summed E-state index contributed by atoms with van der Waals surface area (Å²) in [6.07, 6.45) is 4.99. The Balaban J connectivity index is 1.22. The molecule has 2 saturated heterocycles. The summed E-state index contributed by atoms with van der Waals surface area (Å²) in [5, 5.41) is 4.66. The zero-order valence-corrected chi connectivity index (χ0v) is 21.3. The van der Waals surface area contributed by atoms with Gasteiger partial charge in [0.05, 0.1) is 16.2 Å². The van der Waals surface area contributed by atoms with Gasteiger partial charge in [-0.15, -0.1) is 0 Å². The van der Waals surface area contributed by atoms with Gasteiger partial charge in [-0.1, -0.05) is 23.2 Å². The van der Waals surface area contributed by atoms with Crippen LogP contribution in [0.25, 0.3) is 10.9 Å². The van der Waals surface area contributed by atoms with E-state index in [-0.39, 0.29) is 12.5 Å². The Kier molecular flexibility index (Phi) is 7.27. The van der Waals surface area contributed by atoms with Crippen LogP contribution in [0.3, 0.4) is 0 Å². The lowest BCUT2D eigenvalue weighted by Crippen LogP contribution is -2.44. The molecule has 2 aliphatic heterocycles. The van der Waals surface area contributed by atoms with E-state index in [4.69, 9.17) is 37.9 Å². The lowest BCUT2D eigenvalue weighted by atomic mass is 10.0. The summed E-state index contributed by atoms with van der Waals surface area (Å²) in [7, 11) is 0. The number of hydrogen-bond donors (Lipinski definition) is 1. The van der Waals surface area contributed by atoms with E-state index in [0.29, 0.717) is 27.5 Å². The molecule has 9 heteroatoms. The molecule has 35 heavy (non-hydrogen) atoms. The molecule has 0 unspecified atom stereocenters. The van der Waals surface area contributed by atoms with Gasteiger partial charge in [0.25, 0.3) is 5.91 Å². The summed E-state index contributed by atoms with van der Waals surface area (Å²) in [5.74, 6) is 0.914. The molecule has 7 nitrogen and oxygen atoms in total. The van der Waals surface area contributed by atoms with Crippen LogP contribution < -0.4 is 15.0 Å². The maximum Gasteiger partial charge on any atom is 0.262 e. The fourth-order valence-electron chi connectivity index (χ4n) is 4.96. The van der Waals surface area contributed by atoms with Crippen molar-refractivity contribution in [3.05, 3.63) is 52.1 Å². The molecule has 5 rings (SSSR count). The van der Waals surface area contributed by atoms with Gasteiger partial charge in [0.15, 0.2) is 6.61 Å². The summed E-state index contributed by atoms with van der Waals surface area (Å²) < 4.78 is 5.52. The highest BCUT2D eigenvalue weighted by molar-refractivity contribution is 6.35.